The van der Waals surface area contributed by atoms with E-state index in [4.69, 9.17) is 4.74 Å². The molecule has 0 saturated carbocycles. The fourth-order valence-corrected chi connectivity index (χ4v) is 2.91. The fourth-order valence-electron chi connectivity index (χ4n) is 1.46. The molecule has 0 radical (unpaired) electrons. The highest BCUT2D eigenvalue weighted by Crippen LogP contribution is 2.34. The van der Waals surface area contributed by atoms with Crippen molar-refractivity contribution in [1.82, 2.24) is 9.55 Å². The number of imidazole rings is 1. The summed E-state index contributed by atoms with van der Waals surface area (Å²) in [6.45, 7) is 0.362. The molecule has 1 aromatic carbocycles. The highest BCUT2D eigenvalue weighted by molar-refractivity contribution is 9.11. The van der Waals surface area contributed by atoms with E-state index in [2.05, 4.69) is 36.8 Å². The van der Waals surface area contributed by atoms with Crippen LogP contribution in [0.5, 0.6) is 5.75 Å². The molecule has 2 rings (SSSR count). The van der Waals surface area contributed by atoms with Gasteiger partial charge in [0.25, 0.3) is 0 Å². The molecule has 0 atom stereocenters. The van der Waals surface area contributed by atoms with Gasteiger partial charge >= 0.3 is 0 Å². The van der Waals surface area contributed by atoms with Crippen molar-refractivity contribution in [3.05, 3.63) is 44.9 Å². The normalized spacial score (nSPS) is 10.4. The number of ether oxygens (including phenoxy) is 1. The summed E-state index contributed by atoms with van der Waals surface area (Å²) in [5, 5.41) is 0. The van der Waals surface area contributed by atoms with Gasteiger partial charge in [-0.1, -0.05) is 0 Å². The van der Waals surface area contributed by atoms with E-state index in [0.29, 0.717) is 17.9 Å². The molecule has 4 nitrogen and oxygen atoms in total. The van der Waals surface area contributed by atoms with Crippen LogP contribution in [0.1, 0.15) is 16.2 Å². The van der Waals surface area contributed by atoms with Crippen molar-refractivity contribution < 1.29 is 9.53 Å². The molecule has 18 heavy (non-hydrogen) atoms. The summed E-state index contributed by atoms with van der Waals surface area (Å²) >= 11 is 6.76. The van der Waals surface area contributed by atoms with Gasteiger partial charge in [-0.25, -0.2) is 4.98 Å². The van der Waals surface area contributed by atoms with Gasteiger partial charge in [-0.3, -0.25) is 4.79 Å². The zero-order valence-corrected chi connectivity index (χ0v) is 12.7. The molecule has 0 aliphatic heterocycles. The Balaban J connectivity index is 2.19. The Labute approximate surface area is 121 Å². The van der Waals surface area contributed by atoms with Crippen LogP contribution in [0.25, 0.3) is 0 Å². The Hall–Kier alpha value is -1.14. The van der Waals surface area contributed by atoms with Gasteiger partial charge < -0.3 is 9.30 Å². The van der Waals surface area contributed by atoms with Crippen molar-refractivity contribution in [2.24, 2.45) is 7.05 Å². The first-order chi connectivity index (χ1) is 8.61. The van der Waals surface area contributed by atoms with Gasteiger partial charge in [-0.15, -0.1) is 0 Å². The van der Waals surface area contributed by atoms with Crippen LogP contribution in [-0.2, 0) is 13.7 Å². The van der Waals surface area contributed by atoms with Crippen LogP contribution in [0.15, 0.2) is 33.5 Å². The van der Waals surface area contributed by atoms with Crippen molar-refractivity contribution in [3.8, 4) is 5.75 Å². The minimum atomic E-state index is 0.362. The lowest BCUT2D eigenvalue weighted by atomic mass is 10.2. The van der Waals surface area contributed by atoms with Crippen LogP contribution in [0.4, 0.5) is 0 Å². The molecular weight excluding hydrogens is 364 g/mol. The average molecular weight is 374 g/mol. The molecule has 0 saturated heterocycles. The van der Waals surface area contributed by atoms with Gasteiger partial charge in [0, 0.05) is 25.0 Å². The highest BCUT2D eigenvalue weighted by Gasteiger charge is 2.10. The molecule has 0 aliphatic carbocycles. The summed E-state index contributed by atoms with van der Waals surface area (Å²) in [6, 6.07) is 3.43. The molecule has 94 valence electrons. The Morgan fingerprint density at radius 1 is 1.39 bits per heavy atom. The molecule has 0 spiro atoms. The minimum absolute atomic E-state index is 0.362. The van der Waals surface area contributed by atoms with E-state index in [0.717, 1.165) is 21.1 Å². The van der Waals surface area contributed by atoms with Crippen LogP contribution < -0.4 is 4.74 Å². The maximum atomic E-state index is 10.7. The number of aromatic nitrogens is 2. The Kier molecular flexibility index (Phi) is 4.19. The largest absolute Gasteiger partial charge is 0.483 e. The van der Waals surface area contributed by atoms with Gasteiger partial charge in [-0.05, 0) is 44.0 Å². The first-order valence-electron chi connectivity index (χ1n) is 5.15. The zero-order valence-electron chi connectivity index (χ0n) is 9.56. The van der Waals surface area contributed by atoms with Crippen LogP contribution in [-0.4, -0.2) is 15.8 Å². The molecule has 0 amide bonds. The predicted octanol–water partition coefficient (Wildman–Crippen LogP) is 3.34. The molecule has 1 aromatic heterocycles. The summed E-state index contributed by atoms with van der Waals surface area (Å²) in [4.78, 5) is 14.9. The lowest BCUT2D eigenvalue weighted by Gasteiger charge is -2.10. The summed E-state index contributed by atoms with van der Waals surface area (Å²) in [5.41, 5.74) is 0.582. The van der Waals surface area contributed by atoms with E-state index in [1.165, 1.54) is 0 Å². The predicted molar refractivity (Wildman–Crippen MR) is 74.8 cm³/mol. The molecule has 6 heteroatoms. The van der Waals surface area contributed by atoms with Gasteiger partial charge in [0.15, 0.2) is 0 Å². The van der Waals surface area contributed by atoms with Crippen molar-refractivity contribution in [2.45, 2.75) is 6.61 Å². The van der Waals surface area contributed by atoms with Gasteiger partial charge in [0.2, 0.25) is 0 Å². The zero-order chi connectivity index (χ0) is 13.1. The smallest absolute Gasteiger partial charge is 0.150 e. The summed E-state index contributed by atoms with van der Waals surface area (Å²) in [7, 11) is 1.91. The highest BCUT2D eigenvalue weighted by atomic mass is 79.9. The molecule has 0 bridgehead atoms. The first kappa shape index (κ1) is 13.3. The van der Waals surface area contributed by atoms with E-state index in [-0.39, 0.29) is 0 Å². The number of hydrogen-bond donors (Lipinski definition) is 0. The monoisotopic (exact) mass is 372 g/mol. The molecule has 0 fully saturated rings. The third-order valence-electron chi connectivity index (χ3n) is 2.42. The molecule has 2 aromatic rings. The van der Waals surface area contributed by atoms with E-state index >= 15 is 0 Å². The first-order valence-corrected chi connectivity index (χ1v) is 6.73. The number of rotatable bonds is 4. The van der Waals surface area contributed by atoms with Crippen LogP contribution in [0.2, 0.25) is 0 Å². The van der Waals surface area contributed by atoms with E-state index < -0.39 is 0 Å². The number of benzene rings is 1. The quantitative estimate of drug-likeness (QED) is 0.772. The average Bonchev–Trinajstić information content (AvgIpc) is 2.73. The van der Waals surface area contributed by atoms with Gasteiger partial charge in [0.1, 0.15) is 24.5 Å². The van der Waals surface area contributed by atoms with E-state index in [9.17, 15) is 4.79 Å². The molecule has 0 N–H and O–H groups in total. The standard InChI is InChI=1S/C12H10Br2N2O2/c1-16-3-2-15-11(16)7-18-12-9(13)4-8(6-17)5-10(12)14/h2-6H,7H2,1H3. The van der Waals surface area contributed by atoms with Crippen LogP contribution in [0, 0.1) is 0 Å². The van der Waals surface area contributed by atoms with Crippen LogP contribution in [0.3, 0.4) is 0 Å². The van der Waals surface area contributed by atoms with Crippen molar-refractivity contribution in [3.63, 3.8) is 0 Å². The third-order valence-corrected chi connectivity index (χ3v) is 3.60. The summed E-state index contributed by atoms with van der Waals surface area (Å²) < 4.78 is 9.05. The Morgan fingerprint density at radius 3 is 2.56 bits per heavy atom. The number of carbonyl (C=O) groups is 1. The van der Waals surface area contributed by atoms with Gasteiger partial charge in [-0.2, -0.15) is 0 Å². The summed E-state index contributed by atoms with van der Waals surface area (Å²) in [6.07, 6.45) is 4.37. The van der Waals surface area contributed by atoms with Crippen LogP contribution >= 0.6 is 31.9 Å². The number of aryl methyl sites for hydroxylation is 1. The summed E-state index contributed by atoms with van der Waals surface area (Å²) in [5.74, 6) is 1.48. The number of carbonyl (C=O) groups excluding carboxylic acids is 1. The second kappa shape index (κ2) is 5.67. The lowest BCUT2D eigenvalue weighted by molar-refractivity contribution is 0.112. The topological polar surface area (TPSA) is 44.1 Å². The Bertz CT molecular complexity index is 558. The SMILES string of the molecule is Cn1ccnc1COc1c(Br)cc(C=O)cc1Br. The number of hydrogen-bond acceptors (Lipinski definition) is 3. The van der Waals surface area contributed by atoms with E-state index in [1.54, 1.807) is 18.3 Å². The second-order valence-corrected chi connectivity index (χ2v) is 5.38. The lowest BCUT2D eigenvalue weighted by Crippen LogP contribution is -2.04. The third kappa shape index (κ3) is 2.81. The molecule has 0 unspecified atom stereocenters. The van der Waals surface area contributed by atoms with E-state index in [1.807, 2.05) is 17.8 Å². The minimum Gasteiger partial charge on any atom is -0.483 e. The number of halogens is 2. The fraction of sp³-hybridized carbons (Fsp3) is 0.167. The number of aldehydes is 1. The Morgan fingerprint density at radius 2 is 2.06 bits per heavy atom. The number of nitrogens with zero attached hydrogens (tertiary/aromatic N) is 2. The van der Waals surface area contributed by atoms with Crippen molar-refractivity contribution in [2.75, 3.05) is 0 Å². The molecular formula is C12H10Br2N2O2. The van der Waals surface area contributed by atoms with Gasteiger partial charge in [0.05, 0.1) is 8.95 Å². The second-order valence-electron chi connectivity index (χ2n) is 3.67. The maximum absolute atomic E-state index is 10.7. The maximum Gasteiger partial charge on any atom is 0.150 e. The molecule has 0 aliphatic rings. The van der Waals surface area contributed by atoms with Crippen molar-refractivity contribution in [1.29, 1.82) is 0 Å². The molecule has 1 heterocycles. The van der Waals surface area contributed by atoms with Crippen molar-refractivity contribution >= 4 is 38.1 Å².